The van der Waals surface area contributed by atoms with Gasteiger partial charge in [-0.05, 0) is 30.5 Å². The Hall–Kier alpha value is -1.67. The summed E-state index contributed by atoms with van der Waals surface area (Å²) in [4.78, 5) is 3.88. The molecule has 0 amide bonds. The van der Waals surface area contributed by atoms with Gasteiger partial charge in [0.15, 0.2) is 0 Å². The van der Waals surface area contributed by atoms with Crippen LogP contribution in [0.5, 0.6) is 0 Å². The van der Waals surface area contributed by atoms with Crippen molar-refractivity contribution >= 4 is 0 Å². The number of pyridine rings is 1. The molecule has 0 spiro atoms. The summed E-state index contributed by atoms with van der Waals surface area (Å²) in [5.74, 6) is 0. The number of rotatable bonds is 2. The first-order valence-electron chi connectivity index (χ1n) is 5.73. The molecule has 0 aliphatic carbocycles. The Morgan fingerprint density at radius 1 is 1.00 bits per heavy atom. The third kappa shape index (κ3) is 7.25. The van der Waals surface area contributed by atoms with Crippen LogP contribution in [-0.4, -0.2) is 4.98 Å². The van der Waals surface area contributed by atoms with E-state index in [0.29, 0.717) is 0 Å². The molecular weight excluding hydrogens is 208 g/mol. The lowest BCUT2D eigenvalue weighted by Crippen LogP contribution is -1.78. The number of nitrogens with zero attached hydrogens (tertiary/aromatic N) is 1. The lowest BCUT2D eigenvalue weighted by atomic mass is 10.1. The normalized spacial score (nSPS) is 8.59. The number of aryl methyl sites for hydroxylation is 2. The molecule has 0 aliphatic rings. The number of hydrogen-bond acceptors (Lipinski definition) is 2. The van der Waals surface area contributed by atoms with Crippen LogP contribution in [0.4, 0.5) is 0 Å². The Morgan fingerprint density at radius 2 is 1.71 bits per heavy atom. The van der Waals surface area contributed by atoms with Gasteiger partial charge >= 0.3 is 0 Å². The summed E-state index contributed by atoms with van der Waals surface area (Å²) in [5.41, 5.74) is 2.66. The topological polar surface area (TPSA) is 47.9 Å². The second-order valence-corrected chi connectivity index (χ2v) is 3.77. The van der Waals surface area contributed by atoms with Crippen molar-refractivity contribution in [1.82, 2.24) is 11.1 Å². The molecule has 0 atom stereocenters. The Kier molecular flexibility index (Phi) is 8.61. The molecule has 2 heteroatoms. The Morgan fingerprint density at radius 3 is 2.12 bits per heavy atom. The van der Waals surface area contributed by atoms with E-state index in [-0.39, 0.29) is 6.15 Å². The van der Waals surface area contributed by atoms with Crippen LogP contribution in [0, 0.1) is 6.92 Å². The number of aromatic nitrogens is 1. The van der Waals surface area contributed by atoms with Crippen LogP contribution in [0.2, 0.25) is 0 Å². The van der Waals surface area contributed by atoms with Gasteiger partial charge in [0.05, 0.1) is 0 Å². The number of hydrogen-bond donors (Lipinski definition) is 1. The van der Waals surface area contributed by atoms with Gasteiger partial charge in [0.2, 0.25) is 0 Å². The maximum atomic E-state index is 3.88. The lowest BCUT2D eigenvalue weighted by Gasteiger charge is -1.93. The van der Waals surface area contributed by atoms with Gasteiger partial charge in [-0.1, -0.05) is 49.7 Å². The minimum absolute atomic E-state index is 0. The Balaban J connectivity index is 0.000000292. The smallest absolute Gasteiger partial charge is 0.0297 e. The van der Waals surface area contributed by atoms with Crippen LogP contribution in [0.3, 0.4) is 0 Å². The first-order chi connectivity index (χ1) is 7.83. The Bertz CT molecular complexity index is 371. The fourth-order valence-corrected chi connectivity index (χ4v) is 1.38. The molecule has 2 nitrogen and oxygen atoms in total. The van der Waals surface area contributed by atoms with Gasteiger partial charge < -0.3 is 6.15 Å². The molecule has 92 valence electrons. The fourth-order valence-electron chi connectivity index (χ4n) is 1.38. The fraction of sp³-hybridized carbons (Fsp3) is 0.267. The van der Waals surface area contributed by atoms with Crippen molar-refractivity contribution in [3.8, 4) is 0 Å². The van der Waals surface area contributed by atoms with Crippen molar-refractivity contribution in [2.24, 2.45) is 0 Å². The average molecular weight is 230 g/mol. The summed E-state index contributed by atoms with van der Waals surface area (Å²) < 4.78 is 0. The highest BCUT2D eigenvalue weighted by molar-refractivity contribution is 5.14. The van der Waals surface area contributed by atoms with Gasteiger partial charge in [-0.25, -0.2) is 0 Å². The molecule has 0 radical (unpaired) electrons. The van der Waals surface area contributed by atoms with Crippen LogP contribution < -0.4 is 6.15 Å². The second kappa shape index (κ2) is 9.55. The summed E-state index contributed by atoms with van der Waals surface area (Å²) in [5, 5.41) is 0. The van der Waals surface area contributed by atoms with Crippen molar-refractivity contribution in [2.75, 3.05) is 0 Å². The zero-order valence-electron chi connectivity index (χ0n) is 10.8. The van der Waals surface area contributed by atoms with Crippen LogP contribution >= 0.6 is 0 Å². The van der Waals surface area contributed by atoms with Gasteiger partial charge in [-0.2, -0.15) is 0 Å². The predicted octanol–water partition coefficient (Wildman–Crippen LogP) is 4.19. The summed E-state index contributed by atoms with van der Waals surface area (Å²) in [6.07, 6.45) is 6.05. The molecule has 1 heterocycles. The predicted molar refractivity (Wildman–Crippen MR) is 74.4 cm³/mol. The van der Waals surface area contributed by atoms with E-state index in [2.05, 4.69) is 42.2 Å². The van der Waals surface area contributed by atoms with E-state index in [4.69, 9.17) is 0 Å². The minimum atomic E-state index is 0. The third-order valence-corrected chi connectivity index (χ3v) is 2.19. The molecule has 1 aromatic carbocycles. The molecule has 0 bridgehead atoms. The van der Waals surface area contributed by atoms with Gasteiger partial charge in [0.25, 0.3) is 0 Å². The van der Waals surface area contributed by atoms with Gasteiger partial charge in [0, 0.05) is 12.4 Å². The van der Waals surface area contributed by atoms with Crippen LogP contribution in [0.25, 0.3) is 0 Å². The summed E-state index contributed by atoms with van der Waals surface area (Å²) in [6.45, 7) is 4.22. The summed E-state index contributed by atoms with van der Waals surface area (Å²) in [7, 11) is 0. The quantitative estimate of drug-likeness (QED) is 0.840. The lowest BCUT2D eigenvalue weighted by molar-refractivity contribution is 0.922. The van der Waals surface area contributed by atoms with E-state index in [1.165, 1.54) is 24.0 Å². The van der Waals surface area contributed by atoms with Gasteiger partial charge in [-0.15, -0.1) is 0 Å². The zero-order valence-corrected chi connectivity index (χ0v) is 10.8. The minimum Gasteiger partial charge on any atom is -0.344 e. The van der Waals surface area contributed by atoms with E-state index >= 15 is 0 Å². The first kappa shape index (κ1) is 15.3. The van der Waals surface area contributed by atoms with Crippen molar-refractivity contribution in [3.05, 3.63) is 66.0 Å². The van der Waals surface area contributed by atoms with Gasteiger partial charge in [-0.3, -0.25) is 4.98 Å². The van der Waals surface area contributed by atoms with Crippen molar-refractivity contribution in [1.29, 1.82) is 0 Å². The van der Waals surface area contributed by atoms with E-state index in [0.717, 1.165) is 0 Å². The van der Waals surface area contributed by atoms with E-state index in [1.54, 1.807) is 6.20 Å². The molecule has 17 heavy (non-hydrogen) atoms. The van der Waals surface area contributed by atoms with E-state index < -0.39 is 0 Å². The molecule has 3 N–H and O–H groups in total. The third-order valence-electron chi connectivity index (χ3n) is 2.19. The highest BCUT2D eigenvalue weighted by Gasteiger charge is 1.84. The first-order valence-corrected chi connectivity index (χ1v) is 5.73. The molecule has 0 fully saturated rings. The van der Waals surface area contributed by atoms with Gasteiger partial charge in [0.1, 0.15) is 0 Å². The highest BCUT2D eigenvalue weighted by atomic mass is 14.6. The van der Waals surface area contributed by atoms with E-state index in [9.17, 15) is 0 Å². The zero-order chi connectivity index (χ0) is 11.6. The van der Waals surface area contributed by atoms with Crippen LogP contribution in [0.1, 0.15) is 24.5 Å². The van der Waals surface area contributed by atoms with Crippen molar-refractivity contribution < 1.29 is 0 Å². The molecule has 1 aromatic heterocycles. The Labute approximate surface area is 104 Å². The molecule has 0 unspecified atom stereocenters. The molecule has 2 aromatic rings. The molecule has 2 rings (SSSR count). The standard InChI is InChI=1S/C9H12.C6H7N.H3N/c1-2-6-9-7-4-3-5-8-9;1-6-3-2-4-7-5-6;/h3-5,7-8H,2,6H2,1H3;2-5H,1H3;1H3. The maximum absolute atomic E-state index is 3.88. The van der Waals surface area contributed by atoms with Crippen LogP contribution in [-0.2, 0) is 6.42 Å². The monoisotopic (exact) mass is 230 g/mol. The van der Waals surface area contributed by atoms with Crippen molar-refractivity contribution in [3.63, 3.8) is 0 Å². The molecule has 0 saturated carbocycles. The average Bonchev–Trinajstić information content (AvgIpc) is 2.33. The molecule has 0 saturated heterocycles. The highest BCUT2D eigenvalue weighted by Crippen LogP contribution is 2.00. The number of benzene rings is 1. The van der Waals surface area contributed by atoms with E-state index in [1.807, 2.05) is 25.3 Å². The molecular formula is C15H22N2. The summed E-state index contributed by atoms with van der Waals surface area (Å²) in [6, 6.07) is 14.5. The second-order valence-electron chi connectivity index (χ2n) is 3.77. The summed E-state index contributed by atoms with van der Waals surface area (Å²) >= 11 is 0. The largest absolute Gasteiger partial charge is 0.344 e. The van der Waals surface area contributed by atoms with Crippen LogP contribution in [0.15, 0.2) is 54.9 Å². The maximum Gasteiger partial charge on any atom is 0.0297 e. The SMILES string of the molecule is CCCc1ccccc1.Cc1cccnc1.N. The molecule has 0 aliphatic heterocycles. The van der Waals surface area contributed by atoms with Crippen molar-refractivity contribution in [2.45, 2.75) is 26.7 Å².